The molecule has 4 aliphatic rings. The van der Waals surface area contributed by atoms with Crippen molar-refractivity contribution in [3.05, 3.63) is 40.3 Å². The first kappa shape index (κ1) is 20.0. The van der Waals surface area contributed by atoms with Gasteiger partial charge in [0, 0.05) is 19.2 Å². The van der Waals surface area contributed by atoms with Gasteiger partial charge in [0.2, 0.25) is 5.95 Å². The second-order valence-corrected chi connectivity index (χ2v) is 10.6. The van der Waals surface area contributed by atoms with Gasteiger partial charge in [-0.15, -0.1) is 0 Å². The summed E-state index contributed by atoms with van der Waals surface area (Å²) >= 11 is 6.43. The summed E-state index contributed by atoms with van der Waals surface area (Å²) in [4.78, 5) is 26.8. The molecule has 0 spiro atoms. The average molecular weight is 476 g/mol. The molecule has 0 radical (unpaired) electrons. The zero-order valence-corrected chi connectivity index (χ0v) is 19.3. The van der Waals surface area contributed by atoms with Gasteiger partial charge >= 0.3 is 5.69 Å². The Morgan fingerprint density at radius 1 is 1.24 bits per heavy atom. The fourth-order valence-electron chi connectivity index (χ4n) is 7.07. The molecule has 4 bridgehead atoms. The van der Waals surface area contributed by atoms with Crippen LogP contribution in [0, 0.1) is 34.5 Å². The number of pyridine rings is 1. The predicted molar refractivity (Wildman–Crippen MR) is 125 cm³/mol. The summed E-state index contributed by atoms with van der Waals surface area (Å²) in [7, 11) is 1.76. The molecule has 0 amide bonds. The fourth-order valence-corrected chi connectivity index (χ4v) is 7.26. The van der Waals surface area contributed by atoms with Gasteiger partial charge in [-0.3, -0.25) is 9.13 Å². The highest BCUT2D eigenvalue weighted by atomic mass is 35.5. The molecular weight excluding hydrogens is 454 g/mol. The van der Waals surface area contributed by atoms with Crippen molar-refractivity contribution >= 4 is 40.0 Å². The van der Waals surface area contributed by atoms with E-state index in [1.165, 1.54) is 6.33 Å². The van der Waals surface area contributed by atoms with Crippen LogP contribution in [-0.4, -0.2) is 33.7 Å². The normalized spacial score (nSPS) is 29.7. The molecule has 10 nitrogen and oxygen atoms in total. The highest BCUT2D eigenvalue weighted by Crippen LogP contribution is 2.63. The van der Waals surface area contributed by atoms with E-state index in [0.29, 0.717) is 51.2 Å². The van der Waals surface area contributed by atoms with E-state index < -0.39 is 0 Å². The van der Waals surface area contributed by atoms with Gasteiger partial charge in [0.05, 0.1) is 34.6 Å². The second kappa shape index (κ2) is 6.79. The van der Waals surface area contributed by atoms with Crippen molar-refractivity contribution in [1.29, 1.82) is 5.26 Å². The summed E-state index contributed by atoms with van der Waals surface area (Å²) in [6.07, 6.45) is 9.78. The zero-order valence-electron chi connectivity index (χ0n) is 18.5. The summed E-state index contributed by atoms with van der Waals surface area (Å²) in [6, 6.07) is 4.42. The lowest BCUT2D eigenvalue weighted by Gasteiger charge is -2.57. The third-order valence-corrected chi connectivity index (χ3v) is 8.52. The maximum Gasteiger partial charge on any atom is 0.330 e. The van der Waals surface area contributed by atoms with Crippen molar-refractivity contribution in [2.75, 3.05) is 5.32 Å². The minimum absolute atomic E-state index is 0.0621. The lowest BCUT2D eigenvalue weighted by molar-refractivity contribution is -0.0612. The van der Waals surface area contributed by atoms with Crippen LogP contribution in [0.5, 0.6) is 0 Å². The SMILES string of the molecule is Cn1c(=O)n(C2C3CC4CC2CC(C#N)(C4)C3)c2nc(Nc3cn4ncnc4cc3Cl)ncc21. The van der Waals surface area contributed by atoms with Gasteiger partial charge in [0.25, 0.3) is 0 Å². The smallest absolute Gasteiger partial charge is 0.322 e. The van der Waals surface area contributed by atoms with Crippen LogP contribution in [0.15, 0.2) is 29.6 Å². The van der Waals surface area contributed by atoms with Crippen molar-refractivity contribution < 1.29 is 0 Å². The van der Waals surface area contributed by atoms with Crippen LogP contribution in [-0.2, 0) is 7.05 Å². The molecule has 4 aromatic heterocycles. The lowest BCUT2D eigenvalue weighted by atomic mass is 9.48. The highest BCUT2D eigenvalue weighted by molar-refractivity contribution is 6.33. The quantitative estimate of drug-likeness (QED) is 0.481. The minimum Gasteiger partial charge on any atom is -0.322 e. The van der Waals surface area contributed by atoms with E-state index in [1.807, 2.05) is 4.57 Å². The molecule has 4 heterocycles. The maximum absolute atomic E-state index is 13.4. The van der Waals surface area contributed by atoms with E-state index >= 15 is 0 Å². The summed E-state index contributed by atoms with van der Waals surface area (Å²) in [6.45, 7) is 0. The van der Waals surface area contributed by atoms with Gasteiger partial charge in [-0.25, -0.2) is 19.3 Å². The molecule has 8 rings (SSSR count). The number of rotatable bonds is 3. The Hall–Kier alpha value is -3.45. The molecule has 4 aromatic rings. The standard InChI is InChI=1S/C23H22ClN9O/c1-31-17-8-26-21(29-16-9-32-18(4-15(16)24)27-11-28-32)30-20(17)33(22(31)34)19-13-2-12-3-14(19)7-23(5-12,6-13)10-25/h4,8-9,11-14,19H,2-3,5-7H2,1H3,(H,26,29,30). The fraction of sp³-hybridized carbons (Fsp3) is 0.478. The zero-order chi connectivity index (χ0) is 23.2. The number of aromatic nitrogens is 7. The largest absolute Gasteiger partial charge is 0.330 e. The van der Waals surface area contributed by atoms with Crippen molar-refractivity contribution in [3.8, 4) is 6.07 Å². The first-order valence-corrected chi connectivity index (χ1v) is 11.9. The maximum atomic E-state index is 13.4. The number of nitrogens with one attached hydrogen (secondary N) is 1. The van der Waals surface area contributed by atoms with Crippen molar-refractivity contribution in [3.63, 3.8) is 0 Å². The molecule has 1 N–H and O–H groups in total. The van der Waals surface area contributed by atoms with Crippen LogP contribution in [0.2, 0.25) is 5.02 Å². The summed E-state index contributed by atoms with van der Waals surface area (Å²) in [5.41, 5.74) is 2.26. The number of aryl methyl sites for hydroxylation is 1. The molecule has 172 valence electrons. The lowest BCUT2D eigenvalue weighted by Crippen LogP contribution is -2.52. The highest BCUT2D eigenvalue weighted by Gasteiger charge is 2.56. The van der Waals surface area contributed by atoms with Gasteiger partial charge in [-0.1, -0.05) is 11.6 Å². The average Bonchev–Trinajstić information content (AvgIpc) is 3.36. The molecule has 2 atom stereocenters. The van der Waals surface area contributed by atoms with Crippen LogP contribution < -0.4 is 11.0 Å². The number of hydrogen-bond acceptors (Lipinski definition) is 7. The molecule has 0 aliphatic heterocycles. The van der Waals surface area contributed by atoms with Gasteiger partial charge in [-0.05, 0) is 49.9 Å². The Labute approximate surface area is 199 Å². The molecule has 4 aliphatic carbocycles. The Balaban J connectivity index is 1.32. The van der Waals surface area contributed by atoms with E-state index in [2.05, 4.69) is 26.5 Å². The van der Waals surface area contributed by atoms with Crippen LogP contribution in [0.25, 0.3) is 16.8 Å². The molecule has 4 fully saturated rings. The Kier molecular flexibility index (Phi) is 3.99. The number of hydrogen-bond donors (Lipinski definition) is 1. The van der Waals surface area contributed by atoms with Gasteiger partial charge in [-0.2, -0.15) is 15.3 Å². The summed E-state index contributed by atoms with van der Waals surface area (Å²) in [5.74, 6) is 1.60. The predicted octanol–water partition coefficient (Wildman–Crippen LogP) is 3.46. The van der Waals surface area contributed by atoms with Gasteiger partial charge in [0.15, 0.2) is 11.3 Å². The molecule has 11 heteroatoms. The topological polar surface area (TPSA) is 119 Å². The van der Waals surface area contributed by atoms with Crippen LogP contribution in [0.1, 0.15) is 38.1 Å². The number of anilines is 2. The van der Waals surface area contributed by atoms with Crippen molar-refractivity contribution in [1.82, 2.24) is 33.7 Å². The molecule has 34 heavy (non-hydrogen) atoms. The van der Waals surface area contributed by atoms with Crippen molar-refractivity contribution in [2.24, 2.45) is 30.2 Å². The summed E-state index contributed by atoms with van der Waals surface area (Å²) in [5, 5.41) is 17.7. The summed E-state index contributed by atoms with van der Waals surface area (Å²) < 4.78 is 5.12. The van der Waals surface area contributed by atoms with Crippen LogP contribution >= 0.6 is 11.6 Å². The van der Waals surface area contributed by atoms with Crippen LogP contribution in [0.4, 0.5) is 11.6 Å². The van der Waals surface area contributed by atoms with E-state index in [9.17, 15) is 10.1 Å². The number of halogens is 1. The van der Waals surface area contributed by atoms with Crippen LogP contribution in [0.3, 0.4) is 0 Å². The Morgan fingerprint density at radius 3 is 2.79 bits per heavy atom. The number of fused-ring (bicyclic) bond motifs is 2. The molecule has 0 aromatic carbocycles. The van der Waals surface area contributed by atoms with Gasteiger partial charge in [0.1, 0.15) is 11.8 Å². The number of imidazole rings is 1. The number of nitriles is 1. The first-order valence-electron chi connectivity index (χ1n) is 11.6. The molecular formula is C23H22ClN9O. The minimum atomic E-state index is -0.209. The van der Waals surface area contributed by atoms with E-state index in [4.69, 9.17) is 16.6 Å². The molecule has 2 unspecified atom stereocenters. The number of nitrogens with zero attached hydrogens (tertiary/aromatic N) is 8. The third-order valence-electron chi connectivity index (χ3n) is 8.20. The third kappa shape index (κ3) is 2.70. The monoisotopic (exact) mass is 475 g/mol. The van der Waals surface area contributed by atoms with Gasteiger partial charge < -0.3 is 5.32 Å². The first-order chi connectivity index (χ1) is 16.4. The van der Waals surface area contributed by atoms with E-state index in [1.54, 1.807) is 34.6 Å². The molecule has 0 saturated heterocycles. The van der Waals surface area contributed by atoms with E-state index in [0.717, 1.165) is 32.1 Å². The molecule has 4 saturated carbocycles. The Bertz CT molecular complexity index is 1560. The Morgan fingerprint density at radius 2 is 2.03 bits per heavy atom. The second-order valence-electron chi connectivity index (χ2n) is 10.2. The van der Waals surface area contributed by atoms with E-state index in [-0.39, 0.29) is 17.1 Å². The van der Waals surface area contributed by atoms with Crippen molar-refractivity contribution in [2.45, 2.75) is 38.1 Å².